The van der Waals surface area contributed by atoms with E-state index < -0.39 is 0 Å². The average molecular weight is 263 g/mol. The van der Waals surface area contributed by atoms with E-state index in [0.717, 1.165) is 24.1 Å². The number of hydrogen-bond donors (Lipinski definition) is 1. The molecule has 0 spiro atoms. The summed E-state index contributed by atoms with van der Waals surface area (Å²) in [5, 5.41) is 3.50. The molecule has 0 aliphatic carbocycles. The van der Waals surface area contributed by atoms with Gasteiger partial charge >= 0.3 is 0 Å². The second-order valence-corrected chi connectivity index (χ2v) is 6.71. The zero-order chi connectivity index (χ0) is 14.7. The van der Waals surface area contributed by atoms with E-state index in [4.69, 9.17) is 0 Å². The molecule has 106 valence electrons. The number of rotatable bonds is 5. The van der Waals surface area contributed by atoms with Crippen molar-refractivity contribution in [2.75, 3.05) is 6.54 Å². The lowest BCUT2D eigenvalue weighted by Crippen LogP contribution is -2.43. The van der Waals surface area contributed by atoms with Gasteiger partial charge in [-0.1, -0.05) is 19.1 Å². The van der Waals surface area contributed by atoms with Crippen LogP contribution in [0.15, 0.2) is 30.9 Å². The fraction of sp³-hybridized carbons (Fsp3) is 0.529. The van der Waals surface area contributed by atoms with E-state index in [-0.39, 0.29) is 16.8 Å². The maximum absolute atomic E-state index is 13.4. The highest BCUT2D eigenvalue weighted by Crippen LogP contribution is 2.26. The van der Waals surface area contributed by atoms with E-state index in [1.807, 2.05) is 19.1 Å². The first kappa shape index (κ1) is 15.9. The number of benzene rings is 1. The van der Waals surface area contributed by atoms with E-state index in [9.17, 15) is 4.39 Å². The number of hydrogen-bond acceptors (Lipinski definition) is 1. The van der Waals surface area contributed by atoms with Crippen LogP contribution in [-0.2, 0) is 6.42 Å². The quantitative estimate of drug-likeness (QED) is 0.783. The smallest absolute Gasteiger partial charge is 0.123 e. The Morgan fingerprint density at radius 2 is 1.89 bits per heavy atom. The molecular weight excluding hydrogens is 237 g/mol. The molecule has 19 heavy (non-hydrogen) atoms. The van der Waals surface area contributed by atoms with Gasteiger partial charge in [-0.15, -0.1) is 6.58 Å². The minimum atomic E-state index is -0.171. The van der Waals surface area contributed by atoms with Crippen molar-refractivity contribution in [1.29, 1.82) is 0 Å². The van der Waals surface area contributed by atoms with Gasteiger partial charge in [0.05, 0.1) is 0 Å². The van der Waals surface area contributed by atoms with Crippen molar-refractivity contribution in [3.8, 4) is 0 Å². The highest BCUT2D eigenvalue weighted by molar-refractivity contribution is 5.28. The summed E-state index contributed by atoms with van der Waals surface area (Å²) in [6.45, 7) is 15.4. The largest absolute Gasteiger partial charge is 0.311 e. The number of halogens is 1. The summed E-state index contributed by atoms with van der Waals surface area (Å²) in [6.07, 6.45) is 2.76. The van der Waals surface area contributed by atoms with Crippen molar-refractivity contribution >= 4 is 0 Å². The van der Waals surface area contributed by atoms with Crippen molar-refractivity contribution in [3.05, 3.63) is 47.8 Å². The summed E-state index contributed by atoms with van der Waals surface area (Å²) in [5.41, 5.74) is 2.18. The van der Waals surface area contributed by atoms with E-state index in [1.165, 1.54) is 6.07 Å². The number of nitrogens with one attached hydrogen (secondary N) is 1. The van der Waals surface area contributed by atoms with E-state index in [2.05, 4.69) is 39.6 Å². The molecule has 1 atom stereocenters. The molecule has 0 saturated heterocycles. The SMILES string of the molecule is C=CC(C)(CNC(C)(C)C)Cc1cc(F)ccc1C. The minimum absolute atomic E-state index is 0.0707. The van der Waals surface area contributed by atoms with Gasteiger partial charge in [-0.05, 0) is 57.4 Å². The maximum atomic E-state index is 13.4. The summed E-state index contributed by atoms with van der Waals surface area (Å²) in [5.74, 6) is -0.171. The van der Waals surface area contributed by atoms with E-state index >= 15 is 0 Å². The third kappa shape index (κ3) is 5.15. The van der Waals surface area contributed by atoms with Crippen LogP contribution in [0.3, 0.4) is 0 Å². The second-order valence-electron chi connectivity index (χ2n) is 6.71. The predicted molar refractivity (Wildman–Crippen MR) is 80.9 cm³/mol. The Morgan fingerprint density at radius 3 is 2.42 bits per heavy atom. The molecule has 1 aromatic carbocycles. The Labute approximate surface area is 116 Å². The van der Waals surface area contributed by atoms with Gasteiger partial charge < -0.3 is 5.32 Å². The van der Waals surface area contributed by atoms with Crippen LogP contribution in [0.1, 0.15) is 38.8 Å². The van der Waals surface area contributed by atoms with Crippen LogP contribution in [0.25, 0.3) is 0 Å². The molecular formula is C17H26FN. The maximum Gasteiger partial charge on any atom is 0.123 e. The minimum Gasteiger partial charge on any atom is -0.311 e. The molecule has 1 N–H and O–H groups in total. The molecule has 1 rings (SSSR count). The van der Waals surface area contributed by atoms with Crippen molar-refractivity contribution < 1.29 is 4.39 Å². The average Bonchev–Trinajstić information content (AvgIpc) is 2.31. The van der Waals surface area contributed by atoms with Gasteiger partial charge in [-0.25, -0.2) is 4.39 Å². The van der Waals surface area contributed by atoms with Crippen LogP contribution in [-0.4, -0.2) is 12.1 Å². The van der Waals surface area contributed by atoms with Crippen LogP contribution in [0.2, 0.25) is 0 Å². The topological polar surface area (TPSA) is 12.0 Å². The van der Waals surface area contributed by atoms with Gasteiger partial charge in [-0.2, -0.15) is 0 Å². The summed E-state index contributed by atoms with van der Waals surface area (Å²) in [6, 6.07) is 4.98. The predicted octanol–water partition coefficient (Wildman–Crippen LogP) is 4.26. The van der Waals surface area contributed by atoms with E-state index in [1.54, 1.807) is 6.07 Å². The Hall–Kier alpha value is -1.15. The first-order chi connectivity index (χ1) is 8.65. The summed E-state index contributed by atoms with van der Waals surface area (Å²) < 4.78 is 13.4. The molecule has 0 radical (unpaired) electrons. The van der Waals surface area contributed by atoms with Crippen molar-refractivity contribution in [2.45, 2.75) is 46.6 Å². The second kappa shape index (κ2) is 5.87. The standard InChI is InChI=1S/C17H26FN/c1-7-17(6,12-19-16(3,4)5)11-14-10-15(18)9-8-13(14)2/h7-10,19H,1,11-12H2,2-6H3. The lowest BCUT2D eigenvalue weighted by atomic mass is 9.82. The lowest BCUT2D eigenvalue weighted by Gasteiger charge is -2.31. The summed E-state index contributed by atoms with van der Waals surface area (Å²) >= 11 is 0. The molecule has 1 unspecified atom stereocenters. The molecule has 2 heteroatoms. The Balaban J connectivity index is 2.85. The lowest BCUT2D eigenvalue weighted by molar-refractivity contribution is 0.322. The van der Waals surface area contributed by atoms with Gasteiger partial charge in [-0.3, -0.25) is 0 Å². The third-order valence-corrected chi connectivity index (χ3v) is 3.42. The molecule has 0 aromatic heterocycles. The molecule has 1 aromatic rings. The van der Waals surface area contributed by atoms with Gasteiger partial charge in [0, 0.05) is 17.5 Å². The Bertz CT molecular complexity index is 445. The zero-order valence-electron chi connectivity index (χ0n) is 12.8. The van der Waals surface area contributed by atoms with Crippen LogP contribution >= 0.6 is 0 Å². The molecule has 0 amide bonds. The van der Waals surface area contributed by atoms with Crippen LogP contribution in [0, 0.1) is 18.2 Å². The van der Waals surface area contributed by atoms with Crippen LogP contribution in [0.5, 0.6) is 0 Å². The van der Waals surface area contributed by atoms with Gasteiger partial charge in [0.25, 0.3) is 0 Å². The van der Waals surface area contributed by atoms with Crippen molar-refractivity contribution in [2.24, 2.45) is 5.41 Å². The molecule has 0 fully saturated rings. The van der Waals surface area contributed by atoms with Gasteiger partial charge in [0.1, 0.15) is 5.82 Å². The highest BCUT2D eigenvalue weighted by atomic mass is 19.1. The molecule has 1 nitrogen and oxygen atoms in total. The molecule has 0 bridgehead atoms. The Morgan fingerprint density at radius 1 is 1.26 bits per heavy atom. The number of aryl methyl sites for hydroxylation is 1. The Kier molecular flexibility index (Phi) is 4.92. The third-order valence-electron chi connectivity index (χ3n) is 3.42. The normalized spacial score (nSPS) is 15.1. The van der Waals surface area contributed by atoms with Crippen molar-refractivity contribution in [3.63, 3.8) is 0 Å². The van der Waals surface area contributed by atoms with Crippen LogP contribution < -0.4 is 5.32 Å². The van der Waals surface area contributed by atoms with Crippen molar-refractivity contribution in [1.82, 2.24) is 5.32 Å². The monoisotopic (exact) mass is 263 g/mol. The highest BCUT2D eigenvalue weighted by Gasteiger charge is 2.24. The fourth-order valence-electron chi connectivity index (χ4n) is 1.94. The molecule has 0 aliphatic rings. The fourth-order valence-corrected chi connectivity index (χ4v) is 1.94. The summed E-state index contributed by atoms with van der Waals surface area (Å²) in [7, 11) is 0. The van der Waals surface area contributed by atoms with Gasteiger partial charge in [0.2, 0.25) is 0 Å². The zero-order valence-corrected chi connectivity index (χ0v) is 12.8. The summed E-state index contributed by atoms with van der Waals surface area (Å²) in [4.78, 5) is 0. The first-order valence-electron chi connectivity index (χ1n) is 6.79. The first-order valence-corrected chi connectivity index (χ1v) is 6.79. The van der Waals surface area contributed by atoms with E-state index in [0.29, 0.717) is 0 Å². The van der Waals surface area contributed by atoms with Gasteiger partial charge in [0.15, 0.2) is 0 Å². The molecule has 0 saturated carbocycles. The molecule has 0 aliphatic heterocycles. The van der Waals surface area contributed by atoms with Crippen LogP contribution in [0.4, 0.5) is 4.39 Å². The molecule has 0 heterocycles.